The van der Waals surface area contributed by atoms with Gasteiger partial charge in [-0.3, -0.25) is 0 Å². The van der Waals surface area contributed by atoms with E-state index in [1.54, 1.807) is 0 Å². The van der Waals surface area contributed by atoms with Gasteiger partial charge in [0.05, 0.1) is 5.69 Å². The van der Waals surface area contributed by atoms with Crippen molar-refractivity contribution in [1.82, 2.24) is 9.97 Å². The summed E-state index contributed by atoms with van der Waals surface area (Å²) < 4.78 is 1.02. The third kappa shape index (κ3) is 2.73. The van der Waals surface area contributed by atoms with Crippen LogP contribution in [-0.4, -0.2) is 9.97 Å². The maximum Gasteiger partial charge on any atom is 0.136 e. The molecule has 1 heterocycles. The van der Waals surface area contributed by atoms with E-state index in [0.29, 0.717) is 5.15 Å². The van der Waals surface area contributed by atoms with Crippen molar-refractivity contribution in [2.45, 2.75) is 26.7 Å². The van der Waals surface area contributed by atoms with E-state index in [2.05, 4.69) is 32.8 Å². The molecule has 18 heavy (non-hydrogen) atoms. The molecule has 1 aromatic carbocycles. The summed E-state index contributed by atoms with van der Waals surface area (Å²) in [4.78, 5) is 8.95. The second-order valence-electron chi connectivity index (χ2n) is 4.13. The van der Waals surface area contributed by atoms with Crippen LogP contribution in [0, 0.1) is 6.92 Å². The molecular formula is C14H14BrClN2. The van der Waals surface area contributed by atoms with Crippen LogP contribution in [-0.2, 0) is 6.42 Å². The van der Waals surface area contributed by atoms with E-state index in [1.807, 2.05) is 31.2 Å². The third-order valence-corrected chi connectivity index (χ3v) is 3.79. The van der Waals surface area contributed by atoms with E-state index in [4.69, 9.17) is 11.6 Å². The monoisotopic (exact) mass is 324 g/mol. The highest BCUT2D eigenvalue weighted by atomic mass is 79.9. The average Bonchev–Trinajstić information content (AvgIpc) is 2.35. The van der Waals surface area contributed by atoms with Gasteiger partial charge >= 0.3 is 0 Å². The number of aromatic nitrogens is 2. The Balaban J connectivity index is 2.59. The molecule has 0 aliphatic carbocycles. The summed E-state index contributed by atoms with van der Waals surface area (Å²) in [6, 6.07) is 8.02. The van der Waals surface area contributed by atoms with Gasteiger partial charge in [0.2, 0.25) is 0 Å². The molecule has 2 nitrogen and oxygen atoms in total. The summed E-state index contributed by atoms with van der Waals surface area (Å²) in [7, 11) is 0. The fraction of sp³-hybridized carbons (Fsp3) is 0.286. The fourth-order valence-electron chi connectivity index (χ4n) is 1.78. The van der Waals surface area contributed by atoms with Gasteiger partial charge in [-0.1, -0.05) is 52.7 Å². The summed E-state index contributed by atoms with van der Waals surface area (Å²) in [5.74, 6) is 0.804. The van der Waals surface area contributed by atoms with Gasteiger partial charge in [-0.15, -0.1) is 0 Å². The van der Waals surface area contributed by atoms with Gasteiger partial charge < -0.3 is 0 Å². The van der Waals surface area contributed by atoms with Crippen LogP contribution in [0.3, 0.4) is 0 Å². The van der Waals surface area contributed by atoms with E-state index < -0.39 is 0 Å². The Morgan fingerprint density at radius 1 is 1.22 bits per heavy atom. The van der Waals surface area contributed by atoms with E-state index in [1.165, 1.54) is 0 Å². The van der Waals surface area contributed by atoms with Gasteiger partial charge in [-0.2, -0.15) is 0 Å². The molecule has 2 aromatic rings. The minimum atomic E-state index is 0.541. The minimum absolute atomic E-state index is 0.541. The smallest absolute Gasteiger partial charge is 0.136 e. The van der Waals surface area contributed by atoms with Gasteiger partial charge in [-0.25, -0.2) is 9.97 Å². The summed E-state index contributed by atoms with van der Waals surface area (Å²) in [6.07, 6.45) is 1.85. The Morgan fingerprint density at radius 3 is 2.61 bits per heavy atom. The summed E-state index contributed by atoms with van der Waals surface area (Å²) in [6.45, 7) is 4.06. The number of rotatable bonds is 3. The lowest BCUT2D eigenvalue weighted by atomic mass is 10.1. The largest absolute Gasteiger partial charge is 0.232 e. The van der Waals surface area contributed by atoms with E-state index in [0.717, 1.165) is 40.0 Å². The Labute approximate surface area is 121 Å². The molecule has 0 bridgehead atoms. The van der Waals surface area contributed by atoms with Crippen LogP contribution >= 0.6 is 27.5 Å². The van der Waals surface area contributed by atoms with Crippen molar-refractivity contribution in [3.8, 4) is 11.3 Å². The van der Waals surface area contributed by atoms with Crippen LogP contribution in [0.2, 0.25) is 5.15 Å². The highest BCUT2D eigenvalue weighted by molar-refractivity contribution is 9.10. The molecule has 0 fully saturated rings. The third-order valence-electron chi connectivity index (χ3n) is 2.74. The van der Waals surface area contributed by atoms with E-state index >= 15 is 0 Å². The van der Waals surface area contributed by atoms with Gasteiger partial charge in [0.1, 0.15) is 11.0 Å². The SMILES string of the molecule is CCCc1nc(Cl)c(C)c(-c2ccccc2Br)n1. The van der Waals surface area contributed by atoms with Crippen molar-refractivity contribution < 1.29 is 0 Å². The molecule has 0 aliphatic rings. The molecule has 94 valence electrons. The Hall–Kier alpha value is -0.930. The standard InChI is InChI=1S/C14H14BrClN2/c1-3-6-12-17-13(9(2)14(16)18-12)10-7-4-5-8-11(10)15/h4-5,7-8H,3,6H2,1-2H3. The van der Waals surface area contributed by atoms with Crippen molar-refractivity contribution in [3.05, 3.63) is 45.3 Å². The number of hydrogen-bond acceptors (Lipinski definition) is 2. The lowest BCUT2D eigenvalue weighted by molar-refractivity contribution is 0.833. The maximum atomic E-state index is 6.19. The lowest BCUT2D eigenvalue weighted by Crippen LogP contribution is -2.00. The zero-order chi connectivity index (χ0) is 13.1. The first-order valence-corrected chi connectivity index (χ1v) is 7.08. The van der Waals surface area contributed by atoms with Crippen LogP contribution < -0.4 is 0 Å². The number of benzene rings is 1. The molecule has 4 heteroatoms. The molecule has 0 atom stereocenters. The number of nitrogens with zero attached hydrogens (tertiary/aromatic N) is 2. The van der Waals surface area contributed by atoms with Crippen LogP contribution in [0.15, 0.2) is 28.7 Å². The van der Waals surface area contributed by atoms with Crippen molar-refractivity contribution in [1.29, 1.82) is 0 Å². The first kappa shape index (κ1) is 13.5. The molecule has 1 aromatic heterocycles. The molecule has 0 spiro atoms. The van der Waals surface area contributed by atoms with Gasteiger partial charge in [0.15, 0.2) is 0 Å². The van der Waals surface area contributed by atoms with Gasteiger partial charge in [0.25, 0.3) is 0 Å². The second kappa shape index (κ2) is 5.81. The first-order chi connectivity index (χ1) is 8.63. The fourth-order valence-corrected chi connectivity index (χ4v) is 2.44. The molecule has 0 amide bonds. The summed E-state index contributed by atoms with van der Waals surface area (Å²) >= 11 is 9.74. The zero-order valence-electron chi connectivity index (χ0n) is 10.4. The Morgan fingerprint density at radius 2 is 1.94 bits per heavy atom. The zero-order valence-corrected chi connectivity index (χ0v) is 12.7. The first-order valence-electron chi connectivity index (χ1n) is 5.91. The number of aryl methyl sites for hydroxylation is 1. The molecule has 2 rings (SSSR count). The predicted octanol–water partition coefficient (Wildman–Crippen LogP) is 4.82. The van der Waals surface area contributed by atoms with Crippen LogP contribution in [0.25, 0.3) is 11.3 Å². The minimum Gasteiger partial charge on any atom is -0.232 e. The molecule has 0 N–H and O–H groups in total. The number of hydrogen-bond donors (Lipinski definition) is 0. The molecule has 0 unspecified atom stereocenters. The lowest BCUT2D eigenvalue weighted by Gasteiger charge is -2.10. The average molecular weight is 326 g/mol. The van der Waals surface area contributed by atoms with Crippen molar-refractivity contribution in [2.75, 3.05) is 0 Å². The summed E-state index contributed by atoms with van der Waals surface area (Å²) in [5.41, 5.74) is 2.88. The molecule has 0 saturated carbocycles. The number of halogens is 2. The highest BCUT2D eigenvalue weighted by Crippen LogP contribution is 2.31. The molecule has 0 saturated heterocycles. The van der Waals surface area contributed by atoms with Crippen molar-refractivity contribution in [3.63, 3.8) is 0 Å². The second-order valence-corrected chi connectivity index (χ2v) is 5.35. The normalized spacial score (nSPS) is 10.7. The van der Waals surface area contributed by atoms with Crippen molar-refractivity contribution >= 4 is 27.5 Å². The van der Waals surface area contributed by atoms with Gasteiger partial charge in [0, 0.05) is 22.0 Å². The van der Waals surface area contributed by atoms with Crippen LogP contribution in [0.5, 0.6) is 0 Å². The quantitative estimate of drug-likeness (QED) is 0.756. The predicted molar refractivity (Wildman–Crippen MR) is 78.9 cm³/mol. The van der Waals surface area contributed by atoms with E-state index in [-0.39, 0.29) is 0 Å². The molecule has 0 radical (unpaired) electrons. The van der Waals surface area contributed by atoms with Crippen LogP contribution in [0.4, 0.5) is 0 Å². The Kier molecular flexibility index (Phi) is 4.36. The Bertz CT molecular complexity index is 570. The molecular weight excluding hydrogens is 312 g/mol. The van der Waals surface area contributed by atoms with Crippen molar-refractivity contribution in [2.24, 2.45) is 0 Å². The maximum absolute atomic E-state index is 6.19. The highest BCUT2D eigenvalue weighted by Gasteiger charge is 2.12. The molecule has 0 aliphatic heterocycles. The van der Waals surface area contributed by atoms with Crippen LogP contribution in [0.1, 0.15) is 24.7 Å². The topological polar surface area (TPSA) is 25.8 Å². The van der Waals surface area contributed by atoms with E-state index in [9.17, 15) is 0 Å². The summed E-state index contributed by atoms with van der Waals surface area (Å²) in [5, 5.41) is 0.541. The van der Waals surface area contributed by atoms with Gasteiger partial charge in [-0.05, 0) is 19.4 Å².